The minimum absolute atomic E-state index is 0.184. The monoisotopic (exact) mass is 1380 g/mol. The van der Waals surface area contributed by atoms with Crippen LogP contribution in [0.25, 0.3) is 0 Å². The molecule has 0 spiro atoms. The van der Waals surface area contributed by atoms with Crippen molar-refractivity contribution in [3.63, 3.8) is 0 Å². The Hall–Kier alpha value is -5.09. The molecule has 0 saturated carbocycles. The number of quaternary nitrogens is 1. The first-order valence-corrected chi connectivity index (χ1v) is 40.6. The first-order valence-electron chi connectivity index (χ1n) is 40.6. The van der Waals surface area contributed by atoms with Crippen LogP contribution in [0.2, 0.25) is 0 Å². The summed E-state index contributed by atoms with van der Waals surface area (Å²) in [6.45, 7) is 4.67. The van der Waals surface area contributed by atoms with E-state index in [1.165, 1.54) is 186 Å². The fourth-order valence-electron chi connectivity index (χ4n) is 11.2. The van der Waals surface area contributed by atoms with Crippen molar-refractivity contribution in [1.29, 1.82) is 0 Å². The first kappa shape index (κ1) is 93.9. The van der Waals surface area contributed by atoms with Crippen LogP contribution in [-0.4, -0.2) is 87.4 Å². The van der Waals surface area contributed by atoms with Crippen LogP contribution >= 0.6 is 0 Å². The number of carboxylic acids is 1. The quantitative estimate of drug-likeness (QED) is 0.0211. The molecular formula is C90H152NO8+. The average Bonchev–Trinajstić information content (AvgIpc) is 2.62. The van der Waals surface area contributed by atoms with Gasteiger partial charge in [-0.15, -0.1) is 0 Å². The van der Waals surface area contributed by atoms with E-state index in [0.717, 1.165) is 122 Å². The second-order valence-electron chi connectivity index (χ2n) is 28.0. The Balaban J connectivity index is 4.03. The Morgan fingerprint density at radius 1 is 0.303 bits per heavy atom. The molecule has 0 heterocycles. The van der Waals surface area contributed by atoms with Crippen molar-refractivity contribution in [2.24, 2.45) is 0 Å². The smallest absolute Gasteiger partial charge is 0.361 e. The summed E-state index contributed by atoms with van der Waals surface area (Å²) in [4.78, 5) is 37.8. The normalized spacial score (nSPS) is 13.5. The second kappa shape index (κ2) is 78.6. The highest BCUT2D eigenvalue weighted by atomic mass is 16.7. The maximum Gasteiger partial charge on any atom is 0.361 e. The summed E-state index contributed by atoms with van der Waals surface area (Å²) in [6, 6.07) is 0. The van der Waals surface area contributed by atoms with Gasteiger partial charge in [-0.2, -0.15) is 0 Å². The van der Waals surface area contributed by atoms with Gasteiger partial charge in [0.2, 0.25) is 0 Å². The minimum atomic E-state index is -1.52. The molecule has 0 aromatic heterocycles. The van der Waals surface area contributed by atoms with Crippen LogP contribution in [0.1, 0.15) is 335 Å². The van der Waals surface area contributed by atoms with Gasteiger partial charge < -0.3 is 28.5 Å². The number of esters is 2. The third kappa shape index (κ3) is 80.1. The molecule has 0 radical (unpaired) electrons. The van der Waals surface area contributed by atoms with E-state index in [1.807, 2.05) is 21.1 Å². The van der Waals surface area contributed by atoms with Crippen molar-refractivity contribution >= 4 is 17.9 Å². The third-order valence-corrected chi connectivity index (χ3v) is 17.3. The highest BCUT2D eigenvalue weighted by Crippen LogP contribution is 2.18. The number of hydrogen-bond acceptors (Lipinski definition) is 7. The van der Waals surface area contributed by atoms with Crippen LogP contribution in [0.15, 0.2) is 158 Å². The minimum Gasteiger partial charge on any atom is -0.477 e. The fourth-order valence-corrected chi connectivity index (χ4v) is 11.2. The SMILES string of the molecule is CC/C=C\C/C=C\C/C=C\C/C=C\C/C=C\C/C=C\C/C=C\CCCCCCCCCCCCCCCCCCCCCC(=O)OC(COC(=O)CCCCCCCCCCCCCCCC/C=C\C/C=C\C/C=C\C/C=C\C/C=C\C/C=C\CC)COC(OCC[N+](C)(C)C)C(=O)O. The van der Waals surface area contributed by atoms with Crippen molar-refractivity contribution < 1.29 is 42.9 Å². The number of unbranched alkanes of at least 4 members (excludes halogenated alkanes) is 33. The summed E-state index contributed by atoms with van der Waals surface area (Å²) in [7, 11) is 5.98. The Kier molecular flexibility index (Phi) is 74.6. The lowest BCUT2D eigenvalue weighted by atomic mass is 10.0. The molecule has 0 aliphatic heterocycles. The number of allylic oxidation sites excluding steroid dienone is 26. The lowest BCUT2D eigenvalue weighted by Crippen LogP contribution is -2.40. The summed E-state index contributed by atoms with van der Waals surface area (Å²) in [5, 5.41) is 9.78. The molecule has 99 heavy (non-hydrogen) atoms. The van der Waals surface area contributed by atoms with E-state index < -0.39 is 24.3 Å². The molecule has 2 unspecified atom stereocenters. The second-order valence-corrected chi connectivity index (χ2v) is 28.0. The van der Waals surface area contributed by atoms with E-state index in [2.05, 4.69) is 172 Å². The van der Waals surface area contributed by atoms with Crippen LogP contribution in [0.5, 0.6) is 0 Å². The summed E-state index contributed by atoms with van der Waals surface area (Å²) in [5.74, 6) is -2.00. The lowest BCUT2D eigenvalue weighted by molar-refractivity contribution is -0.870. The van der Waals surface area contributed by atoms with Crippen LogP contribution in [0.4, 0.5) is 0 Å². The fraction of sp³-hybridized carbons (Fsp3) is 0.678. The molecule has 2 atom stereocenters. The van der Waals surface area contributed by atoms with Gasteiger partial charge in [0.05, 0.1) is 34.4 Å². The van der Waals surface area contributed by atoms with Crippen molar-refractivity contribution in [2.75, 3.05) is 47.5 Å². The maximum absolute atomic E-state index is 13.0. The van der Waals surface area contributed by atoms with Gasteiger partial charge in [0.25, 0.3) is 6.29 Å². The van der Waals surface area contributed by atoms with E-state index >= 15 is 0 Å². The van der Waals surface area contributed by atoms with E-state index in [-0.39, 0.29) is 32.2 Å². The molecule has 0 rings (SSSR count). The number of rotatable bonds is 74. The standard InChI is InChI=1S/C90H151NO8/c1-6-8-10-12-14-16-18-20-22-24-26-28-30-32-34-36-38-40-41-42-43-44-45-46-47-49-51-53-55-57-59-61-63-65-67-69-71-73-75-77-79-81-88(93)99-86(85-98-90(89(94)95)96-83-82-91(3,4)5)84-97-87(92)80-78-76-74-72-70-68-66-64-62-60-58-56-54-52-50-48-39-37-35-33-31-29-27-25-23-21-19-17-15-13-11-9-7-2/h8-11,14-17,20-23,26-29,32-35,38-40,42-43,48,86,90H,6-7,12-13,18-19,24-25,30-31,36-37,41,44-47,49-85H2,1-5H3/p+1/b10-8-,11-9-,16-14-,17-15-,22-20-,23-21-,28-26-,29-27-,34-32-,35-33-,40-38-,43-42-,48-39-. The average molecular weight is 1380 g/mol. The number of hydrogen-bond donors (Lipinski definition) is 1. The maximum atomic E-state index is 13.0. The molecule has 564 valence electrons. The highest BCUT2D eigenvalue weighted by Gasteiger charge is 2.25. The van der Waals surface area contributed by atoms with Gasteiger partial charge in [0.1, 0.15) is 13.2 Å². The van der Waals surface area contributed by atoms with Crippen LogP contribution in [0.3, 0.4) is 0 Å². The van der Waals surface area contributed by atoms with E-state index in [4.69, 9.17) is 18.9 Å². The molecule has 0 aliphatic rings. The molecule has 0 fully saturated rings. The van der Waals surface area contributed by atoms with E-state index in [1.54, 1.807) is 0 Å². The van der Waals surface area contributed by atoms with Gasteiger partial charge in [0, 0.05) is 12.8 Å². The van der Waals surface area contributed by atoms with Gasteiger partial charge in [-0.25, -0.2) is 4.79 Å². The molecular weight excluding hydrogens is 1220 g/mol. The molecule has 0 saturated heterocycles. The van der Waals surface area contributed by atoms with Crippen molar-refractivity contribution in [3.05, 3.63) is 158 Å². The number of aliphatic carboxylic acids is 1. The summed E-state index contributed by atoms with van der Waals surface area (Å²) < 4.78 is 23.1. The Bertz CT molecular complexity index is 2200. The van der Waals surface area contributed by atoms with Crippen molar-refractivity contribution in [1.82, 2.24) is 0 Å². The number of carboxylic acid groups (broad SMARTS) is 1. The first-order chi connectivity index (χ1) is 48.6. The number of likely N-dealkylation sites (N-methyl/N-ethyl adjacent to an activating group) is 1. The summed E-state index contributed by atoms with van der Waals surface area (Å²) in [6.07, 6.45) is 114. The number of carbonyl (C=O) groups excluding carboxylic acids is 2. The molecule has 1 N–H and O–H groups in total. The topological polar surface area (TPSA) is 108 Å². The molecule has 0 bridgehead atoms. The molecule has 0 aliphatic carbocycles. The van der Waals surface area contributed by atoms with E-state index in [9.17, 15) is 19.5 Å². The predicted octanol–water partition coefficient (Wildman–Crippen LogP) is 26.4. The third-order valence-electron chi connectivity index (χ3n) is 17.3. The molecule has 0 aromatic carbocycles. The van der Waals surface area contributed by atoms with Crippen LogP contribution in [0, 0.1) is 0 Å². The Labute approximate surface area is 610 Å². The Morgan fingerprint density at radius 3 is 0.808 bits per heavy atom. The molecule has 9 heteroatoms. The zero-order valence-corrected chi connectivity index (χ0v) is 64.6. The lowest BCUT2D eigenvalue weighted by Gasteiger charge is -2.25. The van der Waals surface area contributed by atoms with Crippen molar-refractivity contribution in [3.8, 4) is 0 Å². The Morgan fingerprint density at radius 2 is 0.545 bits per heavy atom. The van der Waals surface area contributed by atoms with Crippen molar-refractivity contribution in [2.45, 2.75) is 347 Å². The van der Waals surface area contributed by atoms with Gasteiger partial charge in [-0.1, -0.05) is 358 Å². The van der Waals surface area contributed by atoms with Gasteiger partial charge >= 0.3 is 17.9 Å². The summed E-state index contributed by atoms with van der Waals surface area (Å²) in [5.41, 5.74) is 0. The van der Waals surface area contributed by atoms with Crippen LogP contribution in [-0.2, 0) is 33.3 Å². The highest BCUT2D eigenvalue weighted by molar-refractivity contribution is 5.71. The number of carbonyl (C=O) groups is 3. The summed E-state index contributed by atoms with van der Waals surface area (Å²) >= 11 is 0. The van der Waals surface area contributed by atoms with Gasteiger partial charge in [-0.3, -0.25) is 9.59 Å². The van der Waals surface area contributed by atoms with Crippen LogP contribution < -0.4 is 0 Å². The zero-order chi connectivity index (χ0) is 71.8. The predicted molar refractivity (Wildman–Crippen MR) is 428 cm³/mol. The molecule has 0 aromatic rings. The van der Waals surface area contributed by atoms with E-state index in [0.29, 0.717) is 17.4 Å². The van der Waals surface area contributed by atoms with Gasteiger partial charge in [0.15, 0.2) is 6.10 Å². The molecule has 9 nitrogen and oxygen atoms in total. The largest absolute Gasteiger partial charge is 0.477 e. The van der Waals surface area contributed by atoms with Gasteiger partial charge in [-0.05, 0) is 122 Å². The molecule has 0 amide bonds. The number of nitrogens with zero attached hydrogens (tertiary/aromatic N) is 1. The number of ether oxygens (including phenoxy) is 4. The zero-order valence-electron chi connectivity index (χ0n) is 64.6.